The molecule has 0 aliphatic rings. The van der Waals surface area contributed by atoms with Crippen LogP contribution in [0.1, 0.15) is 35.3 Å². The summed E-state index contributed by atoms with van der Waals surface area (Å²) >= 11 is 0. The average Bonchev–Trinajstić information content (AvgIpc) is 2.80. The number of ether oxygens (including phenoxy) is 1. The summed E-state index contributed by atoms with van der Waals surface area (Å²) in [6, 6.07) is 9.80. The van der Waals surface area contributed by atoms with Gasteiger partial charge in [0.1, 0.15) is 19.4 Å². The molecule has 34 heavy (non-hydrogen) atoms. The van der Waals surface area contributed by atoms with E-state index in [1.165, 1.54) is 18.2 Å². The Balaban J connectivity index is 2.06. The molecule has 0 aliphatic carbocycles. The number of hydrogen-bond acceptors (Lipinski definition) is 4. The first-order valence-corrected chi connectivity index (χ1v) is 11.2. The summed E-state index contributed by atoms with van der Waals surface area (Å²) in [5.41, 5.74) is 2.14. The first-order chi connectivity index (χ1) is 16.1. The minimum atomic E-state index is -3.08. The maximum atomic E-state index is 14.6. The summed E-state index contributed by atoms with van der Waals surface area (Å²) in [4.78, 5) is 14.3. The molecule has 2 aromatic rings. The number of nitrogens with zero attached hydrogens (tertiary/aromatic N) is 1. The maximum absolute atomic E-state index is 14.6. The van der Waals surface area contributed by atoms with Gasteiger partial charge in [0.15, 0.2) is 5.96 Å². The number of methoxy groups -OCH3 is 1. The number of benzene rings is 2. The van der Waals surface area contributed by atoms with E-state index in [9.17, 15) is 18.0 Å². The van der Waals surface area contributed by atoms with Crippen LogP contribution in [0.15, 0.2) is 36.4 Å². The number of hydrogen-bond donors (Lipinski definition) is 3. The molecule has 3 N–H and O–H groups in total. The summed E-state index contributed by atoms with van der Waals surface area (Å²) in [6.07, 6.45) is 0.650. The number of halogens is 3. The van der Waals surface area contributed by atoms with E-state index >= 15 is 0 Å². The minimum absolute atomic E-state index is 0.0491. The van der Waals surface area contributed by atoms with Crippen LogP contribution in [-0.4, -0.2) is 63.8 Å². The Morgan fingerprint density at radius 2 is 1.88 bits per heavy atom. The third-order valence-corrected chi connectivity index (χ3v) is 5.56. The molecule has 0 saturated carbocycles. The second-order valence-corrected chi connectivity index (χ2v) is 8.08. The molecular formula is C24H32BF3N4O2. The van der Waals surface area contributed by atoms with Crippen molar-refractivity contribution in [1.82, 2.24) is 15.5 Å². The third-order valence-electron chi connectivity index (χ3n) is 5.56. The normalized spacial score (nSPS) is 11.4. The van der Waals surface area contributed by atoms with E-state index in [-0.39, 0.29) is 17.5 Å². The van der Waals surface area contributed by atoms with Crippen LogP contribution in [0, 0.1) is 11.2 Å². The second-order valence-electron chi connectivity index (χ2n) is 8.08. The maximum Gasteiger partial charge on any atom is 0.277 e. The van der Waals surface area contributed by atoms with Crippen molar-refractivity contribution in [3.8, 4) is 5.75 Å². The molecule has 0 fully saturated rings. The van der Waals surface area contributed by atoms with Gasteiger partial charge in [-0.3, -0.25) is 20.4 Å². The van der Waals surface area contributed by atoms with Crippen molar-refractivity contribution >= 4 is 25.2 Å². The highest BCUT2D eigenvalue weighted by Crippen LogP contribution is 2.21. The van der Waals surface area contributed by atoms with Crippen LogP contribution in [0.5, 0.6) is 5.75 Å². The van der Waals surface area contributed by atoms with Crippen molar-refractivity contribution in [2.45, 2.75) is 32.6 Å². The molecule has 0 unspecified atom stereocenters. The number of guanidine groups is 1. The second kappa shape index (κ2) is 12.5. The Bertz CT molecular complexity index is 1000. The molecule has 2 aromatic carbocycles. The van der Waals surface area contributed by atoms with E-state index in [0.717, 1.165) is 11.0 Å². The van der Waals surface area contributed by atoms with E-state index in [0.29, 0.717) is 25.3 Å². The van der Waals surface area contributed by atoms with Crippen LogP contribution in [0.25, 0.3) is 0 Å². The lowest BCUT2D eigenvalue weighted by atomic mass is 9.91. The van der Waals surface area contributed by atoms with Gasteiger partial charge in [0.2, 0.25) is 0 Å². The van der Waals surface area contributed by atoms with Gasteiger partial charge in [-0.15, -0.1) is 0 Å². The molecule has 0 bridgehead atoms. The lowest BCUT2D eigenvalue weighted by Gasteiger charge is -2.25. The van der Waals surface area contributed by atoms with E-state index in [2.05, 4.69) is 10.6 Å². The van der Waals surface area contributed by atoms with Crippen molar-refractivity contribution in [1.29, 1.82) is 5.41 Å². The quantitative estimate of drug-likeness (QED) is 0.264. The van der Waals surface area contributed by atoms with Crippen LogP contribution in [-0.2, 0) is 12.8 Å². The molecule has 2 rings (SSSR count). The summed E-state index contributed by atoms with van der Waals surface area (Å²) in [7, 11) is 3.50. The molecule has 184 valence electrons. The fraction of sp³-hybridized carbons (Fsp3) is 0.417. The zero-order valence-electron chi connectivity index (χ0n) is 20.1. The number of carbonyl (C=O) groups is 1. The van der Waals surface area contributed by atoms with Gasteiger partial charge >= 0.3 is 0 Å². The zero-order valence-corrected chi connectivity index (χ0v) is 20.1. The molecule has 0 aliphatic heterocycles. The number of aryl methyl sites for hydroxylation is 1. The number of carbonyl (C=O) groups excluding carboxylic acids is 1. The highest BCUT2D eigenvalue weighted by atomic mass is 19.3. The fourth-order valence-corrected chi connectivity index (χ4v) is 3.66. The predicted molar refractivity (Wildman–Crippen MR) is 131 cm³/mol. The topological polar surface area (TPSA) is 77.4 Å². The first kappa shape index (κ1) is 27.2. The SMILES string of the molecule is Bc1ccc(OC)c(CCc2c(F)cccc2C(=O)NC(=N)NCC(F)(F)CN(CC)CC)c1. The van der Waals surface area contributed by atoms with Crippen molar-refractivity contribution in [3.05, 3.63) is 58.9 Å². The summed E-state index contributed by atoms with van der Waals surface area (Å²) in [5.74, 6) is -4.27. The molecule has 0 heterocycles. The molecule has 0 atom stereocenters. The fourth-order valence-electron chi connectivity index (χ4n) is 3.66. The zero-order chi connectivity index (χ0) is 25.3. The van der Waals surface area contributed by atoms with E-state index in [1.54, 1.807) is 25.9 Å². The van der Waals surface area contributed by atoms with Crippen LogP contribution in [0.3, 0.4) is 0 Å². The third kappa shape index (κ3) is 7.79. The van der Waals surface area contributed by atoms with E-state index in [1.807, 2.05) is 26.0 Å². The monoisotopic (exact) mass is 476 g/mol. The Morgan fingerprint density at radius 3 is 2.53 bits per heavy atom. The first-order valence-electron chi connectivity index (χ1n) is 11.2. The Hall–Kier alpha value is -3.01. The Morgan fingerprint density at radius 1 is 1.18 bits per heavy atom. The summed E-state index contributed by atoms with van der Waals surface area (Å²) < 4.78 is 48.3. The van der Waals surface area contributed by atoms with Crippen molar-refractivity contribution in [2.24, 2.45) is 0 Å². The van der Waals surface area contributed by atoms with Crippen LogP contribution < -0.4 is 20.8 Å². The van der Waals surface area contributed by atoms with Crippen LogP contribution in [0.2, 0.25) is 0 Å². The Labute approximate surface area is 199 Å². The summed E-state index contributed by atoms with van der Waals surface area (Å²) in [5, 5.41) is 12.4. The predicted octanol–water partition coefficient (Wildman–Crippen LogP) is 2.11. The molecule has 6 nitrogen and oxygen atoms in total. The van der Waals surface area contributed by atoms with Gasteiger partial charge in [-0.05, 0) is 49.7 Å². The highest BCUT2D eigenvalue weighted by molar-refractivity contribution is 6.32. The van der Waals surface area contributed by atoms with Gasteiger partial charge in [0.25, 0.3) is 11.8 Å². The Kier molecular flexibility index (Phi) is 9.98. The van der Waals surface area contributed by atoms with Gasteiger partial charge in [-0.1, -0.05) is 37.5 Å². The molecule has 0 saturated heterocycles. The minimum Gasteiger partial charge on any atom is -0.496 e. The molecule has 0 radical (unpaired) electrons. The standard InChI is InChI=1S/C24H32BF3N4O2/c1-4-32(5-2)15-24(27,28)14-30-23(29)31-22(33)19-7-6-8-20(26)18(19)11-9-16-13-17(25)10-12-21(16)34-3/h6-8,10,12-13H,4-5,9,11,14-15,25H2,1-3H3,(H3,29,30,31,33). The lowest BCUT2D eigenvalue weighted by Crippen LogP contribution is -2.49. The van der Waals surface area contributed by atoms with Crippen LogP contribution in [0.4, 0.5) is 13.2 Å². The smallest absolute Gasteiger partial charge is 0.277 e. The number of alkyl halides is 2. The van der Waals surface area contributed by atoms with Gasteiger partial charge in [-0.25, -0.2) is 13.2 Å². The number of amides is 1. The van der Waals surface area contributed by atoms with Crippen molar-refractivity contribution < 1.29 is 22.7 Å². The molecule has 10 heteroatoms. The van der Waals surface area contributed by atoms with Gasteiger partial charge in [0, 0.05) is 11.1 Å². The van der Waals surface area contributed by atoms with E-state index in [4.69, 9.17) is 10.1 Å². The highest BCUT2D eigenvalue weighted by Gasteiger charge is 2.31. The number of rotatable bonds is 11. The molecule has 1 amide bonds. The molecule has 0 aromatic heterocycles. The van der Waals surface area contributed by atoms with E-state index < -0.39 is 36.7 Å². The molecular weight excluding hydrogens is 444 g/mol. The van der Waals surface area contributed by atoms with Crippen molar-refractivity contribution in [3.63, 3.8) is 0 Å². The van der Waals surface area contributed by atoms with Gasteiger partial charge < -0.3 is 10.1 Å². The van der Waals surface area contributed by atoms with Crippen LogP contribution >= 0.6 is 0 Å². The van der Waals surface area contributed by atoms with Gasteiger partial charge in [0.05, 0.1) is 20.2 Å². The molecule has 0 spiro atoms. The summed E-state index contributed by atoms with van der Waals surface area (Å²) in [6.45, 7) is 3.30. The number of nitrogens with one attached hydrogen (secondary N) is 3. The average molecular weight is 476 g/mol. The van der Waals surface area contributed by atoms with Gasteiger partial charge in [-0.2, -0.15) is 0 Å². The largest absolute Gasteiger partial charge is 0.496 e. The lowest BCUT2D eigenvalue weighted by molar-refractivity contribution is -0.0251. The van der Waals surface area contributed by atoms with Crippen molar-refractivity contribution in [2.75, 3.05) is 33.3 Å².